The molecule has 0 bridgehead atoms. The number of hydrogen-bond acceptors (Lipinski definition) is 5. The molecule has 5 nitrogen and oxygen atoms in total. The highest BCUT2D eigenvalue weighted by molar-refractivity contribution is 6.08. The Morgan fingerprint density at radius 3 is 2.61 bits per heavy atom. The first-order valence-corrected chi connectivity index (χ1v) is 9.79. The molecule has 3 aliphatic rings. The Balaban J connectivity index is 0.00000225. The lowest BCUT2D eigenvalue weighted by atomic mass is 9.92. The van der Waals surface area contributed by atoms with Crippen molar-refractivity contribution in [1.29, 1.82) is 0 Å². The Morgan fingerprint density at radius 2 is 1.93 bits per heavy atom. The van der Waals surface area contributed by atoms with Crippen molar-refractivity contribution in [1.82, 2.24) is 4.90 Å². The number of ether oxygens (including phenoxy) is 2. The first-order chi connectivity index (χ1) is 13.1. The third-order valence-corrected chi connectivity index (χ3v) is 5.13. The van der Waals surface area contributed by atoms with E-state index in [0.717, 1.165) is 36.7 Å². The van der Waals surface area contributed by atoms with Crippen molar-refractivity contribution in [2.45, 2.75) is 39.2 Å². The van der Waals surface area contributed by atoms with Gasteiger partial charge in [-0.2, -0.15) is 0 Å². The van der Waals surface area contributed by atoms with E-state index in [9.17, 15) is 4.79 Å². The van der Waals surface area contributed by atoms with Crippen molar-refractivity contribution >= 4 is 30.2 Å². The van der Waals surface area contributed by atoms with Crippen molar-refractivity contribution in [2.24, 2.45) is 10.9 Å². The van der Waals surface area contributed by atoms with Gasteiger partial charge in [-0.3, -0.25) is 4.79 Å². The van der Waals surface area contributed by atoms with Gasteiger partial charge in [0.05, 0.1) is 17.6 Å². The molecule has 1 saturated heterocycles. The van der Waals surface area contributed by atoms with Crippen molar-refractivity contribution in [3.8, 4) is 5.75 Å². The number of nitrogens with zero attached hydrogens (tertiary/aromatic N) is 2. The smallest absolute Gasteiger partial charge is 0.226 e. The predicted molar refractivity (Wildman–Crippen MR) is 113 cm³/mol. The van der Waals surface area contributed by atoms with Crippen LogP contribution < -0.4 is 4.74 Å². The Hall–Kier alpha value is -2.11. The molecule has 0 N–H and O–H groups in total. The number of allylic oxidation sites excluding steroid dienone is 2. The van der Waals surface area contributed by atoms with E-state index in [0.29, 0.717) is 17.9 Å². The molecule has 1 unspecified atom stereocenters. The van der Waals surface area contributed by atoms with Gasteiger partial charge in [-0.1, -0.05) is 0 Å². The fraction of sp³-hybridized carbons (Fsp3) is 0.455. The fourth-order valence-corrected chi connectivity index (χ4v) is 3.77. The average molecular weight is 403 g/mol. The molecule has 6 heteroatoms. The van der Waals surface area contributed by atoms with E-state index < -0.39 is 0 Å². The monoisotopic (exact) mass is 402 g/mol. The van der Waals surface area contributed by atoms with E-state index in [4.69, 9.17) is 9.47 Å². The van der Waals surface area contributed by atoms with Crippen LogP contribution in [0.15, 0.2) is 46.8 Å². The third-order valence-electron chi connectivity index (χ3n) is 5.13. The zero-order valence-corrected chi connectivity index (χ0v) is 17.2. The maximum Gasteiger partial charge on any atom is 0.226 e. The van der Waals surface area contributed by atoms with Crippen LogP contribution in [0.3, 0.4) is 0 Å². The van der Waals surface area contributed by atoms with Crippen LogP contribution in [0.4, 0.5) is 0 Å². The first kappa shape index (κ1) is 20.6. The largest absolute Gasteiger partial charge is 0.491 e. The van der Waals surface area contributed by atoms with Crippen LogP contribution >= 0.6 is 12.4 Å². The van der Waals surface area contributed by atoms with Gasteiger partial charge in [-0.05, 0) is 70.1 Å². The highest BCUT2D eigenvalue weighted by Crippen LogP contribution is 2.33. The summed E-state index contributed by atoms with van der Waals surface area (Å²) < 4.78 is 11.6. The first-order valence-electron chi connectivity index (χ1n) is 9.79. The minimum Gasteiger partial charge on any atom is -0.491 e. The van der Waals surface area contributed by atoms with Gasteiger partial charge in [-0.25, -0.2) is 4.99 Å². The molecule has 0 spiro atoms. The highest BCUT2D eigenvalue weighted by atomic mass is 35.5. The number of hydrogen-bond donors (Lipinski definition) is 0. The highest BCUT2D eigenvalue weighted by Gasteiger charge is 2.32. The summed E-state index contributed by atoms with van der Waals surface area (Å²) in [6, 6.07) is 7.81. The molecule has 3 aliphatic heterocycles. The van der Waals surface area contributed by atoms with Gasteiger partial charge in [0, 0.05) is 24.7 Å². The molecule has 0 radical (unpaired) electrons. The van der Waals surface area contributed by atoms with Crippen LogP contribution in [0, 0.1) is 5.92 Å². The van der Waals surface area contributed by atoms with Crippen LogP contribution in [-0.2, 0) is 9.53 Å². The molecule has 150 valence electrons. The van der Waals surface area contributed by atoms with Crippen molar-refractivity contribution < 1.29 is 14.3 Å². The van der Waals surface area contributed by atoms with Gasteiger partial charge in [-0.15, -0.1) is 12.4 Å². The second kappa shape index (κ2) is 8.93. The number of Topliss-reactive ketones (excluding diaryl/α,β-unsaturated/α-hetero) is 1. The Morgan fingerprint density at radius 1 is 1.21 bits per heavy atom. The van der Waals surface area contributed by atoms with E-state index in [1.165, 1.54) is 12.8 Å². The summed E-state index contributed by atoms with van der Waals surface area (Å²) >= 11 is 0. The number of halogens is 1. The molecule has 3 heterocycles. The normalized spacial score (nSPS) is 21.9. The maximum atomic E-state index is 12.8. The van der Waals surface area contributed by atoms with Crippen LogP contribution in [-0.4, -0.2) is 42.6 Å². The molecule has 0 aromatic heterocycles. The molecule has 1 aromatic carbocycles. The lowest BCUT2D eigenvalue weighted by Crippen LogP contribution is -2.35. The number of carbonyl (C=O) groups excluding carboxylic acids is 1. The molecule has 1 atom stereocenters. The lowest BCUT2D eigenvalue weighted by molar-refractivity contribution is -0.118. The Kier molecular flexibility index (Phi) is 6.57. The third kappa shape index (κ3) is 4.47. The van der Waals surface area contributed by atoms with Crippen molar-refractivity contribution in [3.05, 3.63) is 47.4 Å². The van der Waals surface area contributed by atoms with Gasteiger partial charge in [0.15, 0.2) is 5.78 Å². The second-order valence-corrected chi connectivity index (χ2v) is 7.61. The number of likely N-dealkylation sites (tertiary alicyclic amines) is 1. The summed E-state index contributed by atoms with van der Waals surface area (Å²) in [5.41, 5.74) is 1.66. The molecule has 28 heavy (non-hydrogen) atoms. The molecule has 4 rings (SSSR count). The van der Waals surface area contributed by atoms with Crippen LogP contribution in [0.1, 0.15) is 38.7 Å². The number of benzene rings is 1. The van der Waals surface area contributed by atoms with Gasteiger partial charge in [0.1, 0.15) is 11.5 Å². The zero-order valence-electron chi connectivity index (χ0n) is 16.4. The second-order valence-electron chi connectivity index (χ2n) is 7.61. The van der Waals surface area contributed by atoms with Crippen molar-refractivity contribution in [3.63, 3.8) is 0 Å². The molecule has 1 fully saturated rings. The summed E-state index contributed by atoms with van der Waals surface area (Å²) in [6.07, 6.45) is 6.90. The quantitative estimate of drug-likeness (QED) is 0.739. The molecular weight excluding hydrogens is 376 g/mol. The number of carbonyl (C=O) groups is 1. The summed E-state index contributed by atoms with van der Waals surface area (Å²) in [6.45, 7) is 6.95. The van der Waals surface area contributed by atoms with Crippen LogP contribution in [0.25, 0.3) is 5.76 Å². The summed E-state index contributed by atoms with van der Waals surface area (Å²) in [4.78, 5) is 19.7. The van der Waals surface area contributed by atoms with Crippen LogP contribution in [0.2, 0.25) is 0 Å². The minimum atomic E-state index is -0.145. The summed E-state index contributed by atoms with van der Waals surface area (Å²) in [7, 11) is 0. The summed E-state index contributed by atoms with van der Waals surface area (Å²) in [5.74, 6) is 2.04. The minimum absolute atomic E-state index is 0. The molecule has 1 aromatic rings. The van der Waals surface area contributed by atoms with E-state index in [1.54, 1.807) is 6.21 Å². The molecule has 0 saturated carbocycles. The Labute approximate surface area is 172 Å². The number of aliphatic imine (C=N–C) groups is 1. The summed E-state index contributed by atoms with van der Waals surface area (Å²) in [5, 5.41) is 0. The van der Waals surface area contributed by atoms with Crippen molar-refractivity contribution in [2.75, 3.05) is 19.6 Å². The SMILES string of the molecule is CC(C)Oc1ccc(C2=CCC3=C(N=CC(CN4CCCC4)C3=O)O2)cc1.Cl. The van der Waals surface area contributed by atoms with E-state index >= 15 is 0 Å². The van der Waals surface area contributed by atoms with Gasteiger partial charge < -0.3 is 14.4 Å². The van der Waals surface area contributed by atoms with E-state index in [2.05, 4.69) is 9.89 Å². The lowest BCUT2D eigenvalue weighted by Gasteiger charge is -2.26. The molecular formula is C22H27ClN2O3. The average Bonchev–Trinajstić information content (AvgIpc) is 3.17. The number of rotatable bonds is 5. The van der Waals surface area contributed by atoms with Crippen LogP contribution in [0.5, 0.6) is 5.75 Å². The fourth-order valence-electron chi connectivity index (χ4n) is 3.77. The standard InChI is InChI=1S/C22H26N2O3.ClH/c1-15(2)26-18-7-5-16(6-8-18)20-10-9-19-21(25)17(13-23-22(19)27-20)14-24-11-3-4-12-24;/h5-8,10,13,15,17H,3-4,9,11-12,14H2,1-2H3;1H. The number of ketones is 1. The predicted octanol–water partition coefficient (Wildman–Crippen LogP) is 4.23. The van der Waals surface area contributed by atoms with Gasteiger partial charge in [0.2, 0.25) is 5.88 Å². The molecule has 0 amide bonds. The Bertz CT molecular complexity index is 806. The zero-order chi connectivity index (χ0) is 18.8. The van der Waals surface area contributed by atoms with E-state index in [1.807, 2.05) is 44.2 Å². The van der Waals surface area contributed by atoms with E-state index in [-0.39, 0.29) is 30.2 Å². The molecule has 0 aliphatic carbocycles. The van der Waals surface area contributed by atoms with Gasteiger partial charge >= 0.3 is 0 Å². The topological polar surface area (TPSA) is 51.1 Å². The van der Waals surface area contributed by atoms with Gasteiger partial charge in [0.25, 0.3) is 0 Å². The maximum absolute atomic E-state index is 12.8.